The molecule has 2 rings (SSSR count). The molecule has 1 unspecified atom stereocenters. The normalized spacial score (nSPS) is 12.6. The third kappa shape index (κ3) is 2.60. The number of benzene rings is 1. The van der Waals surface area contributed by atoms with Crippen molar-refractivity contribution in [3.8, 4) is 0 Å². The molecule has 0 saturated heterocycles. The topological polar surface area (TPSA) is 13.1 Å². The van der Waals surface area contributed by atoms with Gasteiger partial charge in [0.15, 0.2) is 0 Å². The van der Waals surface area contributed by atoms with Gasteiger partial charge in [-0.3, -0.25) is 0 Å². The molecule has 1 aromatic heterocycles. The fourth-order valence-corrected chi connectivity index (χ4v) is 2.31. The molecule has 1 atom stereocenters. The largest absolute Gasteiger partial charge is 0.472 e. The summed E-state index contributed by atoms with van der Waals surface area (Å²) in [4.78, 5) is 0. The van der Waals surface area contributed by atoms with E-state index in [9.17, 15) is 0 Å². The Kier molecular flexibility index (Phi) is 3.92. The predicted molar refractivity (Wildman–Crippen MR) is 67.3 cm³/mol. The highest BCUT2D eigenvalue weighted by atomic mass is 35.5. The molecule has 0 bridgehead atoms. The van der Waals surface area contributed by atoms with Gasteiger partial charge in [0, 0.05) is 16.8 Å². The van der Waals surface area contributed by atoms with Crippen LogP contribution in [0, 0.1) is 0 Å². The van der Waals surface area contributed by atoms with E-state index >= 15 is 0 Å². The first kappa shape index (κ1) is 11.6. The van der Waals surface area contributed by atoms with Gasteiger partial charge < -0.3 is 4.42 Å². The number of halogens is 2. The third-order valence-electron chi connectivity index (χ3n) is 2.59. The summed E-state index contributed by atoms with van der Waals surface area (Å²) in [6.45, 7) is 0. The maximum absolute atomic E-state index is 6.16. The predicted octanol–water partition coefficient (Wildman–Crippen LogP) is 4.50. The highest BCUT2D eigenvalue weighted by molar-refractivity contribution is 6.31. The van der Waals surface area contributed by atoms with Crippen molar-refractivity contribution < 1.29 is 4.42 Å². The average Bonchev–Trinajstić information content (AvgIpc) is 2.80. The van der Waals surface area contributed by atoms with Crippen LogP contribution in [-0.4, -0.2) is 5.88 Å². The summed E-state index contributed by atoms with van der Waals surface area (Å²) < 4.78 is 5.05. The standard InChI is InChI=1S/C13H12Cl2O/c14-8-11(7-10-5-6-16-9-10)12-3-1-2-4-13(12)15/h1-6,9,11H,7-8H2. The van der Waals surface area contributed by atoms with E-state index in [-0.39, 0.29) is 5.92 Å². The van der Waals surface area contributed by atoms with Crippen molar-refractivity contribution in [2.75, 3.05) is 5.88 Å². The van der Waals surface area contributed by atoms with E-state index in [1.165, 1.54) is 0 Å². The van der Waals surface area contributed by atoms with Crippen molar-refractivity contribution in [2.24, 2.45) is 0 Å². The van der Waals surface area contributed by atoms with Crippen LogP contribution in [0.1, 0.15) is 17.0 Å². The van der Waals surface area contributed by atoms with Gasteiger partial charge in [0.1, 0.15) is 0 Å². The minimum absolute atomic E-state index is 0.230. The number of hydrogen-bond donors (Lipinski definition) is 0. The van der Waals surface area contributed by atoms with Gasteiger partial charge in [0.05, 0.1) is 12.5 Å². The second kappa shape index (κ2) is 5.42. The van der Waals surface area contributed by atoms with Crippen LogP contribution >= 0.6 is 23.2 Å². The van der Waals surface area contributed by atoms with Gasteiger partial charge in [0.25, 0.3) is 0 Å². The Bertz CT molecular complexity index is 437. The van der Waals surface area contributed by atoms with Crippen LogP contribution in [-0.2, 0) is 6.42 Å². The molecular weight excluding hydrogens is 243 g/mol. The molecule has 0 aliphatic rings. The first-order valence-corrected chi connectivity index (χ1v) is 6.04. The number of rotatable bonds is 4. The lowest BCUT2D eigenvalue weighted by molar-refractivity contribution is 0.562. The van der Waals surface area contributed by atoms with E-state index in [4.69, 9.17) is 27.6 Å². The zero-order valence-corrected chi connectivity index (χ0v) is 10.2. The first-order valence-electron chi connectivity index (χ1n) is 5.12. The molecular formula is C13H12Cl2O. The minimum Gasteiger partial charge on any atom is -0.472 e. The fourth-order valence-electron chi connectivity index (χ4n) is 1.75. The van der Waals surface area contributed by atoms with Gasteiger partial charge in [-0.05, 0) is 29.7 Å². The van der Waals surface area contributed by atoms with E-state index in [1.807, 2.05) is 30.3 Å². The summed E-state index contributed by atoms with van der Waals surface area (Å²) in [5.41, 5.74) is 2.24. The Labute approximate surface area is 105 Å². The first-order chi connectivity index (χ1) is 7.81. The Balaban J connectivity index is 2.20. The molecule has 0 amide bonds. The zero-order valence-electron chi connectivity index (χ0n) is 8.70. The SMILES string of the molecule is ClCC(Cc1ccoc1)c1ccccc1Cl. The lowest BCUT2D eigenvalue weighted by Gasteiger charge is -2.14. The number of alkyl halides is 1. The molecule has 16 heavy (non-hydrogen) atoms. The van der Waals surface area contributed by atoms with Crippen LogP contribution in [0.5, 0.6) is 0 Å². The van der Waals surface area contributed by atoms with Gasteiger partial charge in [-0.2, -0.15) is 0 Å². The zero-order chi connectivity index (χ0) is 11.4. The third-order valence-corrected chi connectivity index (χ3v) is 3.31. The van der Waals surface area contributed by atoms with Gasteiger partial charge in [-0.1, -0.05) is 29.8 Å². The van der Waals surface area contributed by atoms with Crippen LogP contribution < -0.4 is 0 Å². The van der Waals surface area contributed by atoms with Crippen LogP contribution in [0.3, 0.4) is 0 Å². The smallest absolute Gasteiger partial charge is 0.0934 e. The van der Waals surface area contributed by atoms with Crippen LogP contribution in [0.4, 0.5) is 0 Å². The Morgan fingerprint density at radius 1 is 1.19 bits per heavy atom. The Morgan fingerprint density at radius 3 is 2.62 bits per heavy atom. The highest BCUT2D eigenvalue weighted by Crippen LogP contribution is 2.28. The average molecular weight is 255 g/mol. The lowest BCUT2D eigenvalue weighted by Crippen LogP contribution is -2.04. The van der Waals surface area contributed by atoms with Crippen molar-refractivity contribution in [1.82, 2.24) is 0 Å². The maximum atomic E-state index is 6.16. The molecule has 0 fully saturated rings. The van der Waals surface area contributed by atoms with Crippen molar-refractivity contribution in [1.29, 1.82) is 0 Å². The van der Waals surface area contributed by atoms with Crippen molar-refractivity contribution in [3.63, 3.8) is 0 Å². The highest BCUT2D eigenvalue weighted by Gasteiger charge is 2.14. The summed E-state index contributed by atoms with van der Waals surface area (Å²) >= 11 is 12.2. The summed E-state index contributed by atoms with van der Waals surface area (Å²) in [6.07, 6.45) is 4.27. The lowest BCUT2D eigenvalue weighted by atomic mass is 9.95. The molecule has 0 saturated carbocycles. The van der Waals surface area contributed by atoms with Crippen LogP contribution in [0.15, 0.2) is 47.3 Å². The van der Waals surface area contributed by atoms with Gasteiger partial charge in [0.2, 0.25) is 0 Å². The van der Waals surface area contributed by atoms with E-state index in [0.29, 0.717) is 5.88 Å². The molecule has 0 N–H and O–H groups in total. The van der Waals surface area contributed by atoms with Gasteiger partial charge >= 0.3 is 0 Å². The molecule has 1 heterocycles. The second-order valence-electron chi connectivity index (χ2n) is 3.71. The number of furan rings is 1. The van der Waals surface area contributed by atoms with Crippen LogP contribution in [0.25, 0.3) is 0 Å². The van der Waals surface area contributed by atoms with Gasteiger partial charge in [-0.15, -0.1) is 11.6 Å². The molecule has 1 aromatic carbocycles. The fraction of sp³-hybridized carbons (Fsp3) is 0.231. The molecule has 0 radical (unpaired) electrons. The summed E-state index contributed by atoms with van der Waals surface area (Å²) in [5.74, 6) is 0.780. The Morgan fingerprint density at radius 2 is 2.00 bits per heavy atom. The molecule has 84 valence electrons. The molecule has 2 aromatic rings. The summed E-state index contributed by atoms with van der Waals surface area (Å²) in [7, 11) is 0. The van der Waals surface area contributed by atoms with E-state index in [2.05, 4.69) is 0 Å². The van der Waals surface area contributed by atoms with E-state index < -0.39 is 0 Å². The number of hydrogen-bond acceptors (Lipinski definition) is 1. The molecule has 1 nitrogen and oxygen atoms in total. The van der Waals surface area contributed by atoms with Crippen molar-refractivity contribution >= 4 is 23.2 Å². The molecule has 0 spiro atoms. The summed E-state index contributed by atoms with van der Waals surface area (Å²) in [6, 6.07) is 9.78. The monoisotopic (exact) mass is 254 g/mol. The van der Waals surface area contributed by atoms with E-state index in [0.717, 1.165) is 22.6 Å². The molecule has 0 aliphatic carbocycles. The maximum Gasteiger partial charge on any atom is 0.0934 e. The summed E-state index contributed by atoms with van der Waals surface area (Å²) in [5, 5.41) is 0.775. The van der Waals surface area contributed by atoms with Gasteiger partial charge in [-0.25, -0.2) is 0 Å². The van der Waals surface area contributed by atoms with Crippen molar-refractivity contribution in [3.05, 3.63) is 59.0 Å². The van der Waals surface area contributed by atoms with Crippen molar-refractivity contribution in [2.45, 2.75) is 12.3 Å². The van der Waals surface area contributed by atoms with E-state index in [1.54, 1.807) is 12.5 Å². The van der Waals surface area contributed by atoms with Crippen LogP contribution in [0.2, 0.25) is 5.02 Å². The molecule has 0 aliphatic heterocycles. The Hall–Kier alpha value is -0.920. The quantitative estimate of drug-likeness (QED) is 0.733. The minimum atomic E-state index is 0.230. The second-order valence-corrected chi connectivity index (χ2v) is 4.42. The molecule has 3 heteroatoms.